The molecule has 2 heterocycles. The van der Waals surface area contributed by atoms with Crippen molar-refractivity contribution in [1.82, 2.24) is 9.78 Å². The predicted octanol–water partition coefficient (Wildman–Crippen LogP) is 2.70. The van der Waals surface area contributed by atoms with Crippen LogP contribution in [0.25, 0.3) is 0 Å². The minimum Gasteiger partial charge on any atom is -0.393 e. The van der Waals surface area contributed by atoms with E-state index in [9.17, 15) is 5.11 Å². The van der Waals surface area contributed by atoms with E-state index in [1.807, 2.05) is 4.68 Å². The molecule has 0 radical (unpaired) electrons. The van der Waals surface area contributed by atoms with Crippen molar-refractivity contribution >= 4 is 15.9 Å². The fraction of sp³-hybridized carbons (Fsp3) is 0.786. The first-order valence-electron chi connectivity index (χ1n) is 7.19. The lowest BCUT2D eigenvalue weighted by Gasteiger charge is -2.16. The standard InChI is InChI=1S/C14H23BrN2O2/c1-3-12-14(15)13(17(4-2)16-12)9-10(18)8-11-6-5-7-19-11/h10-11,18H,3-9H2,1-2H3. The third-order valence-electron chi connectivity index (χ3n) is 3.68. The topological polar surface area (TPSA) is 47.3 Å². The van der Waals surface area contributed by atoms with Gasteiger partial charge in [0.2, 0.25) is 0 Å². The summed E-state index contributed by atoms with van der Waals surface area (Å²) in [4.78, 5) is 0. The van der Waals surface area contributed by atoms with Gasteiger partial charge < -0.3 is 9.84 Å². The lowest BCUT2D eigenvalue weighted by Crippen LogP contribution is -2.21. The number of nitrogens with zero attached hydrogens (tertiary/aromatic N) is 2. The maximum atomic E-state index is 10.2. The number of rotatable bonds is 6. The summed E-state index contributed by atoms with van der Waals surface area (Å²) >= 11 is 3.62. The molecule has 0 aromatic carbocycles. The lowest BCUT2D eigenvalue weighted by atomic mass is 10.0. The highest BCUT2D eigenvalue weighted by Gasteiger charge is 2.22. The molecule has 0 saturated carbocycles. The second-order valence-electron chi connectivity index (χ2n) is 5.11. The lowest BCUT2D eigenvalue weighted by molar-refractivity contribution is 0.0533. The zero-order valence-electron chi connectivity index (χ0n) is 11.7. The molecule has 2 atom stereocenters. The van der Waals surface area contributed by atoms with Gasteiger partial charge in [-0.05, 0) is 48.5 Å². The van der Waals surface area contributed by atoms with Crippen molar-refractivity contribution in [1.29, 1.82) is 0 Å². The number of aromatic nitrogens is 2. The molecule has 1 aliphatic rings. The van der Waals surface area contributed by atoms with Gasteiger partial charge >= 0.3 is 0 Å². The smallest absolute Gasteiger partial charge is 0.0766 e. The minimum absolute atomic E-state index is 0.234. The van der Waals surface area contributed by atoms with Crippen molar-refractivity contribution in [2.24, 2.45) is 0 Å². The van der Waals surface area contributed by atoms with Crippen LogP contribution in [0.5, 0.6) is 0 Å². The summed E-state index contributed by atoms with van der Waals surface area (Å²) in [6.45, 7) is 5.85. The first kappa shape index (κ1) is 15.0. The van der Waals surface area contributed by atoms with E-state index >= 15 is 0 Å². The molecular formula is C14H23BrN2O2. The number of hydrogen-bond acceptors (Lipinski definition) is 3. The van der Waals surface area contributed by atoms with Crippen molar-refractivity contribution in [3.05, 3.63) is 15.9 Å². The summed E-state index contributed by atoms with van der Waals surface area (Å²) in [6, 6.07) is 0. The summed E-state index contributed by atoms with van der Waals surface area (Å²) in [7, 11) is 0. The molecule has 1 saturated heterocycles. The molecule has 2 rings (SSSR count). The molecule has 19 heavy (non-hydrogen) atoms. The van der Waals surface area contributed by atoms with E-state index < -0.39 is 0 Å². The Labute approximate surface area is 123 Å². The van der Waals surface area contributed by atoms with Crippen molar-refractivity contribution in [3.63, 3.8) is 0 Å². The summed E-state index contributed by atoms with van der Waals surface area (Å²) in [5, 5.41) is 14.8. The van der Waals surface area contributed by atoms with E-state index in [4.69, 9.17) is 4.74 Å². The molecule has 1 fully saturated rings. The van der Waals surface area contributed by atoms with Crippen molar-refractivity contribution in [2.45, 2.75) is 64.7 Å². The van der Waals surface area contributed by atoms with Gasteiger partial charge in [0.05, 0.1) is 28.1 Å². The van der Waals surface area contributed by atoms with Crippen LogP contribution in [0.1, 0.15) is 44.5 Å². The quantitative estimate of drug-likeness (QED) is 0.872. The number of halogens is 1. The summed E-state index contributed by atoms with van der Waals surface area (Å²) in [5.41, 5.74) is 2.17. The summed E-state index contributed by atoms with van der Waals surface area (Å²) in [6.07, 6.45) is 4.34. The SMILES string of the molecule is CCc1nn(CC)c(CC(O)CC2CCCO2)c1Br. The maximum absolute atomic E-state index is 10.2. The van der Waals surface area contributed by atoms with Gasteiger partial charge in [-0.1, -0.05) is 6.92 Å². The van der Waals surface area contributed by atoms with Gasteiger partial charge in [-0.3, -0.25) is 4.68 Å². The molecule has 1 aromatic heterocycles. The van der Waals surface area contributed by atoms with Crippen LogP contribution in [0.2, 0.25) is 0 Å². The van der Waals surface area contributed by atoms with E-state index in [1.165, 1.54) is 0 Å². The number of aliphatic hydroxyl groups is 1. The Morgan fingerprint density at radius 3 is 2.89 bits per heavy atom. The molecule has 2 unspecified atom stereocenters. The van der Waals surface area contributed by atoms with Crippen LogP contribution >= 0.6 is 15.9 Å². The first-order chi connectivity index (χ1) is 9.15. The molecule has 1 aromatic rings. The molecule has 108 valence electrons. The van der Waals surface area contributed by atoms with E-state index in [0.717, 1.165) is 54.7 Å². The third-order valence-corrected chi connectivity index (χ3v) is 4.60. The van der Waals surface area contributed by atoms with Crippen LogP contribution in [0, 0.1) is 0 Å². The van der Waals surface area contributed by atoms with Crippen LogP contribution in [-0.4, -0.2) is 33.7 Å². The van der Waals surface area contributed by atoms with E-state index in [1.54, 1.807) is 0 Å². The predicted molar refractivity (Wildman–Crippen MR) is 78.3 cm³/mol. The average Bonchev–Trinajstić information content (AvgIpc) is 2.99. The van der Waals surface area contributed by atoms with Gasteiger partial charge in [-0.25, -0.2) is 0 Å². The highest BCUT2D eigenvalue weighted by Crippen LogP contribution is 2.25. The Morgan fingerprint density at radius 1 is 1.53 bits per heavy atom. The Morgan fingerprint density at radius 2 is 2.32 bits per heavy atom. The third kappa shape index (κ3) is 3.58. The average molecular weight is 331 g/mol. The molecule has 1 N–H and O–H groups in total. The van der Waals surface area contributed by atoms with Crippen LogP contribution < -0.4 is 0 Å². The number of aliphatic hydroxyl groups excluding tert-OH is 1. The number of ether oxygens (including phenoxy) is 1. The highest BCUT2D eigenvalue weighted by molar-refractivity contribution is 9.10. The summed E-state index contributed by atoms with van der Waals surface area (Å²) in [5.74, 6) is 0. The molecule has 0 bridgehead atoms. The largest absolute Gasteiger partial charge is 0.393 e. The molecule has 0 aliphatic carbocycles. The molecular weight excluding hydrogens is 308 g/mol. The van der Waals surface area contributed by atoms with Gasteiger partial charge in [0, 0.05) is 19.6 Å². The van der Waals surface area contributed by atoms with Crippen molar-refractivity contribution in [3.8, 4) is 0 Å². The van der Waals surface area contributed by atoms with Crippen LogP contribution in [0.15, 0.2) is 4.47 Å². The van der Waals surface area contributed by atoms with Crippen LogP contribution in [0.4, 0.5) is 0 Å². The summed E-state index contributed by atoms with van der Waals surface area (Å²) < 4.78 is 8.63. The molecule has 4 nitrogen and oxygen atoms in total. The Kier molecular flexibility index (Phi) is 5.42. The maximum Gasteiger partial charge on any atom is 0.0766 e. The normalized spacial score (nSPS) is 20.9. The van der Waals surface area contributed by atoms with Gasteiger partial charge in [-0.15, -0.1) is 0 Å². The van der Waals surface area contributed by atoms with Crippen LogP contribution in [-0.2, 0) is 24.1 Å². The van der Waals surface area contributed by atoms with Gasteiger partial charge in [0.15, 0.2) is 0 Å². The second kappa shape index (κ2) is 6.86. The Hall–Kier alpha value is -0.390. The van der Waals surface area contributed by atoms with Crippen molar-refractivity contribution in [2.75, 3.05) is 6.61 Å². The van der Waals surface area contributed by atoms with Crippen LogP contribution in [0.3, 0.4) is 0 Å². The van der Waals surface area contributed by atoms with Gasteiger partial charge in [-0.2, -0.15) is 5.10 Å². The Bertz CT molecular complexity index is 414. The van der Waals surface area contributed by atoms with Crippen molar-refractivity contribution < 1.29 is 9.84 Å². The zero-order valence-corrected chi connectivity index (χ0v) is 13.3. The second-order valence-corrected chi connectivity index (χ2v) is 5.90. The zero-order chi connectivity index (χ0) is 13.8. The molecule has 0 amide bonds. The minimum atomic E-state index is -0.355. The number of aryl methyl sites for hydroxylation is 2. The monoisotopic (exact) mass is 330 g/mol. The molecule has 5 heteroatoms. The van der Waals surface area contributed by atoms with Gasteiger partial charge in [0.25, 0.3) is 0 Å². The Balaban J connectivity index is 2.02. The first-order valence-corrected chi connectivity index (χ1v) is 7.98. The fourth-order valence-corrected chi connectivity index (χ4v) is 3.38. The van der Waals surface area contributed by atoms with E-state index in [0.29, 0.717) is 6.42 Å². The van der Waals surface area contributed by atoms with E-state index in [-0.39, 0.29) is 12.2 Å². The fourth-order valence-electron chi connectivity index (χ4n) is 2.65. The van der Waals surface area contributed by atoms with Gasteiger partial charge in [0.1, 0.15) is 0 Å². The number of hydrogen-bond donors (Lipinski definition) is 1. The molecule has 1 aliphatic heterocycles. The van der Waals surface area contributed by atoms with E-state index in [2.05, 4.69) is 34.9 Å². The highest BCUT2D eigenvalue weighted by atomic mass is 79.9. The molecule has 0 spiro atoms.